The van der Waals surface area contributed by atoms with Gasteiger partial charge in [0.05, 0.1) is 32.5 Å². The highest BCUT2D eigenvalue weighted by atomic mass is 16.5. The second-order valence-electron chi connectivity index (χ2n) is 7.20. The number of rotatable bonds is 8. The fourth-order valence-electron chi connectivity index (χ4n) is 2.89. The predicted molar refractivity (Wildman–Crippen MR) is 117 cm³/mol. The van der Waals surface area contributed by atoms with E-state index in [0.29, 0.717) is 11.3 Å². The summed E-state index contributed by atoms with van der Waals surface area (Å²) in [6, 6.07) is 9.64. The monoisotopic (exact) mass is 442 g/mol. The van der Waals surface area contributed by atoms with E-state index in [4.69, 9.17) is 14.2 Å². The van der Waals surface area contributed by atoms with E-state index in [1.54, 1.807) is 38.1 Å². The Kier molecular flexibility index (Phi) is 8.34. The minimum atomic E-state index is -0.882. The zero-order valence-corrected chi connectivity index (χ0v) is 18.6. The summed E-state index contributed by atoms with van der Waals surface area (Å²) in [6.45, 7) is 3.56. The summed E-state index contributed by atoms with van der Waals surface area (Å²) in [5.41, 5.74) is 0.677. The summed E-state index contributed by atoms with van der Waals surface area (Å²) in [5, 5.41) is 5.36. The van der Waals surface area contributed by atoms with E-state index >= 15 is 0 Å². The minimum Gasteiger partial charge on any atom is -0.497 e. The van der Waals surface area contributed by atoms with Gasteiger partial charge in [-0.3, -0.25) is 9.59 Å². The first kappa shape index (κ1) is 24.4. The molecule has 0 aromatic heterocycles. The van der Waals surface area contributed by atoms with Crippen LogP contribution in [0.15, 0.2) is 42.5 Å². The molecule has 2 amide bonds. The Bertz CT molecular complexity index is 966. The summed E-state index contributed by atoms with van der Waals surface area (Å²) in [4.78, 5) is 49.5. The van der Waals surface area contributed by atoms with Gasteiger partial charge in [-0.2, -0.15) is 0 Å². The highest BCUT2D eigenvalue weighted by Gasteiger charge is 2.25. The fraction of sp³-hybridized carbons (Fsp3) is 0.304. The minimum absolute atomic E-state index is 0.0639. The summed E-state index contributed by atoms with van der Waals surface area (Å²) in [5.74, 6) is -1.95. The average Bonchev–Trinajstić information content (AvgIpc) is 2.80. The molecule has 2 aromatic carbocycles. The highest BCUT2D eigenvalue weighted by molar-refractivity contribution is 6.03. The van der Waals surface area contributed by atoms with Crippen LogP contribution in [-0.2, 0) is 14.3 Å². The molecule has 1 atom stereocenters. The SMILES string of the molecule is COC(=O)c1cc(NC(=O)[C@H](NC(=O)c2ccc(OC)cc2)C(C)C)cc(C(=O)OC)c1. The molecule has 2 aromatic rings. The molecule has 0 heterocycles. The van der Waals surface area contributed by atoms with Crippen molar-refractivity contribution in [1.82, 2.24) is 5.32 Å². The second-order valence-corrected chi connectivity index (χ2v) is 7.20. The van der Waals surface area contributed by atoms with Crippen LogP contribution in [0.3, 0.4) is 0 Å². The third-order valence-corrected chi connectivity index (χ3v) is 4.63. The maximum atomic E-state index is 12.9. The molecule has 32 heavy (non-hydrogen) atoms. The molecule has 0 aliphatic heterocycles. The Morgan fingerprint density at radius 3 is 1.75 bits per heavy atom. The van der Waals surface area contributed by atoms with E-state index < -0.39 is 29.8 Å². The first-order valence-corrected chi connectivity index (χ1v) is 9.77. The zero-order valence-electron chi connectivity index (χ0n) is 18.6. The maximum absolute atomic E-state index is 12.9. The van der Waals surface area contributed by atoms with Gasteiger partial charge in [0.2, 0.25) is 5.91 Å². The molecular weight excluding hydrogens is 416 g/mol. The summed E-state index contributed by atoms with van der Waals surface area (Å²) in [6.07, 6.45) is 0. The molecule has 0 fully saturated rings. The third kappa shape index (κ3) is 6.07. The molecule has 0 aliphatic rings. The van der Waals surface area contributed by atoms with E-state index in [-0.39, 0.29) is 22.7 Å². The van der Waals surface area contributed by atoms with Crippen molar-refractivity contribution in [2.45, 2.75) is 19.9 Å². The van der Waals surface area contributed by atoms with Crippen molar-refractivity contribution in [3.05, 3.63) is 59.2 Å². The van der Waals surface area contributed by atoms with Crippen LogP contribution in [0.25, 0.3) is 0 Å². The number of carbonyl (C=O) groups is 4. The van der Waals surface area contributed by atoms with Gasteiger partial charge in [-0.1, -0.05) is 13.8 Å². The molecule has 0 spiro atoms. The average molecular weight is 442 g/mol. The molecule has 0 saturated carbocycles. The van der Waals surface area contributed by atoms with Gasteiger partial charge in [0.1, 0.15) is 11.8 Å². The van der Waals surface area contributed by atoms with Crippen LogP contribution >= 0.6 is 0 Å². The van der Waals surface area contributed by atoms with Crippen molar-refractivity contribution < 1.29 is 33.4 Å². The Hall–Kier alpha value is -3.88. The zero-order chi connectivity index (χ0) is 23.8. The van der Waals surface area contributed by atoms with E-state index in [1.165, 1.54) is 39.5 Å². The Morgan fingerprint density at radius 2 is 1.31 bits per heavy atom. The van der Waals surface area contributed by atoms with E-state index in [2.05, 4.69) is 10.6 Å². The van der Waals surface area contributed by atoms with Gasteiger partial charge < -0.3 is 24.8 Å². The van der Waals surface area contributed by atoms with E-state index in [1.807, 2.05) is 0 Å². The lowest BCUT2D eigenvalue weighted by Gasteiger charge is -2.22. The van der Waals surface area contributed by atoms with Gasteiger partial charge in [0.25, 0.3) is 5.91 Å². The number of hydrogen-bond donors (Lipinski definition) is 2. The maximum Gasteiger partial charge on any atom is 0.337 e. The molecule has 9 nitrogen and oxygen atoms in total. The smallest absolute Gasteiger partial charge is 0.337 e. The van der Waals surface area contributed by atoms with Crippen LogP contribution in [0.1, 0.15) is 44.9 Å². The van der Waals surface area contributed by atoms with Crippen LogP contribution in [-0.4, -0.2) is 51.1 Å². The van der Waals surface area contributed by atoms with E-state index in [9.17, 15) is 19.2 Å². The fourth-order valence-corrected chi connectivity index (χ4v) is 2.89. The molecular formula is C23H26N2O7. The Labute approximate surface area is 186 Å². The molecule has 170 valence electrons. The standard InChI is InChI=1S/C23H26N2O7/c1-13(2)19(25-20(26)14-6-8-18(30-3)9-7-14)21(27)24-17-11-15(22(28)31-4)10-16(12-17)23(29)32-5/h6-13,19H,1-5H3,(H,24,27)(H,25,26)/t19-/m1/s1. The molecule has 0 aliphatic carbocycles. The highest BCUT2D eigenvalue weighted by Crippen LogP contribution is 2.18. The second kappa shape index (κ2) is 10.9. The van der Waals surface area contributed by atoms with Crippen molar-refractivity contribution >= 4 is 29.4 Å². The molecule has 0 bridgehead atoms. The van der Waals surface area contributed by atoms with E-state index in [0.717, 1.165) is 0 Å². The molecule has 0 unspecified atom stereocenters. The molecule has 0 saturated heterocycles. The largest absolute Gasteiger partial charge is 0.497 e. The van der Waals surface area contributed by atoms with Crippen molar-refractivity contribution in [1.29, 1.82) is 0 Å². The van der Waals surface area contributed by atoms with Crippen molar-refractivity contribution in [3.8, 4) is 5.75 Å². The van der Waals surface area contributed by atoms with Gasteiger partial charge >= 0.3 is 11.9 Å². The van der Waals surface area contributed by atoms with Crippen molar-refractivity contribution in [2.24, 2.45) is 5.92 Å². The molecule has 2 rings (SSSR count). The number of carbonyl (C=O) groups excluding carboxylic acids is 4. The van der Waals surface area contributed by atoms with Crippen molar-refractivity contribution in [3.63, 3.8) is 0 Å². The number of amides is 2. The lowest BCUT2D eigenvalue weighted by atomic mass is 10.0. The first-order valence-electron chi connectivity index (χ1n) is 9.77. The lowest BCUT2D eigenvalue weighted by molar-refractivity contribution is -0.118. The van der Waals surface area contributed by atoms with Gasteiger partial charge in [0, 0.05) is 11.3 Å². The Morgan fingerprint density at radius 1 is 0.781 bits per heavy atom. The topological polar surface area (TPSA) is 120 Å². The van der Waals surface area contributed by atoms with Crippen LogP contribution in [0, 0.1) is 5.92 Å². The molecule has 2 N–H and O–H groups in total. The van der Waals surface area contributed by atoms with Crippen LogP contribution in [0.4, 0.5) is 5.69 Å². The van der Waals surface area contributed by atoms with Gasteiger partial charge in [-0.25, -0.2) is 9.59 Å². The van der Waals surface area contributed by atoms with Gasteiger partial charge in [-0.05, 0) is 48.4 Å². The predicted octanol–water partition coefficient (Wildman–Crippen LogP) is 2.66. The number of nitrogens with one attached hydrogen (secondary N) is 2. The molecule has 0 radical (unpaired) electrons. The number of hydrogen-bond acceptors (Lipinski definition) is 7. The van der Waals surface area contributed by atoms with Crippen LogP contribution in [0.2, 0.25) is 0 Å². The lowest BCUT2D eigenvalue weighted by Crippen LogP contribution is -2.47. The van der Waals surface area contributed by atoms with Gasteiger partial charge in [0.15, 0.2) is 0 Å². The number of esters is 2. The normalized spacial score (nSPS) is 11.3. The van der Waals surface area contributed by atoms with Crippen LogP contribution in [0.5, 0.6) is 5.75 Å². The quantitative estimate of drug-likeness (QED) is 0.603. The summed E-state index contributed by atoms with van der Waals surface area (Å²) in [7, 11) is 3.93. The van der Waals surface area contributed by atoms with Crippen LogP contribution < -0.4 is 15.4 Å². The Balaban J connectivity index is 2.25. The third-order valence-electron chi connectivity index (χ3n) is 4.63. The van der Waals surface area contributed by atoms with Gasteiger partial charge in [-0.15, -0.1) is 0 Å². The number of benzene rings is 2. The number of methoxy groups -OCH3 is 3. The summed E-state index contributed by atoms with van der Waals surface area (Å²) >= 11 is 0. The van der Waals surface area contributed by atoms with Crippen molar-refractivity contribution in [2.75, 3.05) is 26.6 Å². The summed E-state index contributed by atoms with van der Waals surface area (Å²) < 4.78 is 14.5. The first-order chi connectivity index (χ1) is 15.2. The number of ether oxygens (including phenoxy) is 3. The number of anilines is 1. The molecule has 9 heteroatoms.